The van der Waals surface area contributed by atoms with Gasteiger partial charge in [0.1, 0.15) is 18.6 Å². The molecule has 0 aliphatic heterocycles. The Balaban J connectivity index is 2.20. The van der Waals surface area contributed by atoms with Crippen molar-refractivity contribution in [2.45, 2.75) is 6.54 Å². The van der Waals surface area contributed by atoms with E-state index in [0.717, 1.165) is 11.3 Å². The average molecular weight is 247 g/mol. The summed E-state index contributed by atoms with van der Waals surface area (Å²) in [6, 6.07) is 7.41. The molecule has 0 bridgehead atoms. The van der Waals surface area contributed by atoms with Crippen LogP contribution in [-0.4, -0.2) is 35.0 Å². The zero-order valence-electron chi connectivity index (χ0n) is 10.2. The van der Waals surface area contributed by atoms with Gasteiger partial charge in [-0.2, -0.15) is 5.10 Å². The number of hydrogen-bond acceptors (Lipinski definition) is 5. The van der Waals surface area contributed by atoms with Gasteiger partial charge in [0.2, 0.25) is 0 Å². The molecule has 0 fully saturated rings. The molecule has 0 aliphatic carbocycles. The Kier molecular flexibility index (Phi) is 3.57. The molecule has 6 nitrogen and oxygen atoms in total. The second-order valence-electron chi connectivity index (χ2n) is 3.57. The maximum atomic E-state index is 11.1. The van der Waals surface area contributed by atoms with Gasteiger partial charge in [0.15, 0.2) is 5.82 Å². The van der Waals surface area contributed by atoms with E-state index in [2.05, 4.69) is 14.8 Å². The largest absolute Gasteiger partial charge is 0.497 e. The Morgan fingerprint density at radius 1 is 1.39 bits per heavy atom. The van der Waals surface area contributed by atoms with Gasteiger partial charge in [-0.25, -0.2) is 9.67 Å². The van der Waals surface area contributed by atoms with Gasteiger partial charge in [0, 0.05) is 5.56 Å². The minimum Gasteiger partial charge on any atom is -0.497 e. The lowest BCUT2D eigenvalue weighted by Gasteiger charge is -2.01. The summed E-state index contributed by atoms with van der Waals surface area (Å²) in [5.74, 6) is 0.909. The Labute approximate surface area is 104 Å². The first-order valence-electron chi connectivity index (χ1n) is 5.33. The summed E-state index contributed by atoms with van der Waals surface area (Å²) in [6.45, 7) is 0.0491. The zero-order chi connectivity index (χ0) is 13.0. The molecule has 2 aromatic rings. The molecule has 94 valence electrons. The standard InChI is InChI=1S/C12H13N3O3/c1-17-10-5-3-4-9(6-10)12-13-8-15(14-12)7-11(16)18-2/h3-6,8H,7H2,1-2H3. The van der Waals surface area contributed by atoms with Gasteiger partial charge >= 0.3 is 5.97 Å². The van der Waals surface area contributed by atoms with Crippen LogP contribution < -0.4 is 4.74 Å². The van der Waals surface area contributed by atoms with E-state index in [-0.39, 0.29) is 12.5 Å². The second kappa shape index (κ2) is 5.31. The number of carbonyl (C=O) groups excluding carboxylic acids is 1. The second-order valence-corrected chi connectivity index (χ2v) is 3.57. The number of nitrogens with zero attached hydrogens (tertiary/aromatic N) is 3. The first kappa shape index (κ1) is 12.1. The monoisotopic (exact) mass is 247 g/mol. The lowest BCUT2D eigenvalue weighted by molar-refractivity contribution is -0.141. The Morgan fingerprint density at radius 2 is 2.22 bits per heavy atom. The number of ether oxygens (including phenoxy) is 2. The van der Waals surface area contributed by atoms with Crippen molar-refractivity contribution in [3.05, 3.63) is 30.6 Å². The van der Waals surface area contributed by atoms with Gasteiger partial charge in [0.05, 0.1) is 14.2 Å². The summed E-state index contributed by atoms with van der Waals surface area (Å²) in [5.41, 5.74) is 0.831. The van der Waals surface area contributed by atoms with Crippen molar-refractivity contribution in [3.8, 4) is 17.1 Å². The van der Waals surface area contributed by atoms with E-state index in [4.69, 9.17) is 4.74 Å². The molecule has 0 aliphatic rings. The Hall–Kier alpha value is -2.37. The van der Waals surface area contributed by atoms with Gasteiger partial charge in [-0.3, -0.25) is 4.79 Å². The molecule has 0 unspecified atom stereocenters. The lowest BCUT2D eigenvalue weighted by atomic mass is 10.2. The first-order valence-corrected chi connectivity index (χ1v) is 5.33. The molecule has 18 heavy (non-hydrogen) atoms. The third-order valence-corrected chi connectivity index (χ3v) is 2.38. The third-order valence-electron chi connectivity index (χ3n) is 2.38. The molecule has 2 rings (SSSR count). The van der Waals surface area contributed by atoms with Crippen molar-refractivity contribution >= 4 is 5.97 Å². The number of hydrogen-bond donors (Lipinski definition) is 0. The first-order chi connectivity index (χ1) is 8.72. The van der Waals surface area contributed by atoms with Crippen LogP contribution >= 0.6 is 0 Å². The maximum Gasteiger partial charge on any atom is 0.327 e. The van der Waals surface area contributed by atoms with Crippen LogP contribution in [0.4, 0.5) is 0 Å². The summed E-state index contributed by atoms with van der Waals surface area (Å²) in [4.78, 5) is 15.2. The van der Waals surface area contributed by atoms with Crippen LogP contribution in [0.3, 0.4) is 0 Å². The van der Waals surface area contributed by atoms with E-state index in [1.165, 1.54) is 18.1 Å². The summed E-state index contributed by atoms with van der Waals surface area (Å²) < 4.78 is 11.1. The van der Waals surface area contributed by atoms with Crippen molar-refractivity contribution in [2.75, 3.05) is 14.2 Å². The summed E-state index contributed by atoms with van der Waals surface area (Å²) in [5, 5.41) is 4.19. The van der Waals surface area contributed by atoms with Crippen LogP contribution in [0, 0.1) is 0 Å². The van der Waals surface area contributed by atoms with Crippen LogP contribution in [0.2, 0.25) is 0 Å². The van der Waals surface area contributed by atoms with E-state index in [9.17, 15) is 4.79 Å². The topological polar surface area (TPSA) is 66.2 Å². The quantitative estimate of drug-likeness (QED) is 0.757. The Bertz CT molecular complexity index is 551. The summed E-state index contributed by atoms with van der Waals surface area (Å²) >= 11 is 0. The van der Waals surface area contributed by atoms with E-state index in [1.807, 2.05) is 24.3 Å². The normalized spacial score (nSPS) is 10.1. The van der Waals surface area contributed by atoms with Crippen molar-refractivity contribution in [3.63, 3.8) is 0 Å². The van der Waals surface area contributed by atoms with Crippen LogP contribution in [0.5, 0.6) is 5.75 Å². The van der Waals surface area contributed by atoms with Crippen molar-refractivity contribution < 1.29 is 14.3 Å². The van der Waals surface area contributed by atoms with Gasteiger partial charge in [0.25, 0.3) is 0 Å². The molecule has 6 heteroatoms. The molecule has 0 saturated carbocycles. The van der Waals surface area contributed by atoms with Crippen LogP contribution in [-0.2, 0) is 16.1 Å². The van der Waals surface area contributed by atoms with Gasteiger partial charge in [-0.1, -0.05) is 12.1 Å². The summed E-state index contributed by atoms with van der Waals surface area (Å²) in [7, 11) is 2.94. The maximum absolute atomic E-state index is 11.1. The Morgan fingerprint density at radius 3 is 2.94 bits per heavy atom. The molecule has 1 aromatic carbocycles. The number of aromatic nitrogens is 3. The molecule has 1 aromatic heterocycles. The fourth-order valence-electron chi connectivity index (χ4n) is 1.46. The molecular formula is C12H13N3O3. The minimum atomic E-state index is -0.364. The molecule has 0 radical (unpaired) electrons. The molecule has 0 N–H and O–H groups in total. The van der Waals surface area contributed by atoms with E-state index < -0.39 is 0 Å². The molecule has 0 atom stereocenters. The molecule has 0 amide bonds. The fraction of sp³-hybridized carbons (Fsp3) is 0.250. The fourth-order valence-corrected chi connectivity index (χ4v) is 1.46. The highest BCUT2D eigenvalue weighted by molar-refractivity contribution is 5.68. The SMILES string of the molecule is COC(=O)Cn1cnc(-c2cccc(OC)c2)n1. The van der Waals surface area contributed by atoms with Crippen molar-refractivity contribution in [1.29, 1.82) is 0 Å². The number of rotatable bonds is 4. The minimum absolute atomic E-state index is 0.0491. The van der Waals surface area contributed by atoms with Gasteiger partial charge in [-0.15, -0.1) is 0 Å². The van der Waals surface area contributed by atoms with E-state index in [0.29, 0.717) is 5.82 Å². The van der Waals surface area contributed by atoms with Crippen molar-refractivity contribution in [1.82, 2.24) is 14.8 Å². The van der Waals surface area contributed by atoms with Crippen LogP contribution in [0.1, 0.15) is 0 Å². The smallest absolute Gasteiger partial charge is 0.327 e. The number of methoxy groups -OCH3 is 2. The van der Waals surface area contributed by atoms with E-state index in [1.54, 1.807) is 7.11 Å². The van der Waals surface area contributed by atoms with Crippen LogP contribution in [0.25, 0.3) is 11.4 Å². The molecular weight excluding hydrogens is 234 g/mol. The molecule has 0 spiro atoms. The predicted octanol–water partition coefficient (Wildman–Crippen LogP) is 1.13. The highest BCUT2D eigenvalue weighted by Gasteiger charge is 2.08. The highest BCUT2D eigenvalue weighted by Crippen LogP contribution is 2.20. The third kappa shape index (κ3) is 2.65. The molecule has 1 heterocycles. The number of carbonyl (C=O) groups is 1. The predicted molar refractivity (Wildman–Crippen MR) is 64.0 cm³/mol. The van der Waals surface area contributed by atoms with Gasteiger partial charge in [-0.05, 0) is 12.1 Å². The number of benzene rings is 1. The average Bonchev–Trinajstić information content (AvgIpc) is 2.87. The summed E-state index contributed by atoms with van der Waals surface area (Å²) in [6.07, 6.45) is 1.49. The molecule has 0 saturated heterocycles. The van der Waals surface area contributed by atoms with E-state index >= 15 is 0 Å². The highest BCUT2D eigenvalue weighted by atomic mass is 16.5. The lowest BCUT2D eigenvalue weighted by Crippen LogP contribution is -2.11. The van der Waals surface area contributed by atoms with Gasteiger partial charge < -0.3 is 9.47 Å². The zero-order valence-corrected chi connectivity index (χ0v) is 10.2. The van der Waals surface area contributed by atoms with Crippen LogP contribution in [0.15, 0.2) is 30.6 Å². The number of esters is 1. The van der Waals surface area contributed by atoms with Crippen molar-refractivity contribution in [2.24, 2.45) is 0 Å².